The van der Waals surface area contributed by atoms with Gasteiger partial charge in [0.2, 0.25) is 0 Å². The summed E-state index contributed by atoms with van der Waals surface area (Å²) in [6, 6.07) is 10.1. The lowest BCUT2D eigenvalue weighted by atomic mass is 9.95. The lowest BCUT2D eigenvalue weighted by Crippen LogP contribution is -2.15. The molecule has 1 amide bonds. The number of hydrogen-bond donors (Lipinski definition) is 2. The number of benzene rings is 1. The fraction of sp³-hybridized carbons (Fsp3) is 0.316. The maximum Gasteiger partial charge on any atom is 0.276 e. The van der Waals surface area contributed by atoms with Crippen LogP contribution in [0.3, 0.4) is 0 Å². The highest BCUT2D eigenvalue weighted by Crippen LogP contribution is 2.55. The van der Waals surface area contributed by atoms with E-state index in [2.05, 4.69) is 32.7 Å². The highest BCUT2D eigenvalue weighted by Gasteiger charge is 2.45. The number of amides is 1. The number of nitrogens with zero attached hydrogens (tertiary/aromatic N) is 3. The van der Waals surface area contributed by atoms with Crippen molar-refractivity contribution in [2.75, 3.05) is 5.32 Å². The van der Waals surface area contributed by atoms with Crippen molar-refractivity contribution in [3.8, 4) is 0 Å². The number of anilines is 1. The van der Waals surface area contributed by atoms with Crippen molar-refractivity contribution in [2.24, 2.45) is 5.92 Å². The molecule has 2 aliphatic rings. The molecule has 3 aromatic rings. The molecule has 0 spiro atoms. The molecule has 0 saturated heterocycles. The lowest BCUT2D eigenvalue weighted by Gasteiger charge is -2.10. The van der Waals surface area contributed by atoms with E-state index in [0.717, 1.165) is 23.6 Å². The quantitative estimate of drug-likeness (QED) is 0.771. The van der Waals surface area contributed by atoms with E-state index < -0.39 is 0 Å². The number of rotatable bonds is 4. The Kier molecular flexibility index (Phi) is 3.23. The minimum atomic E-state index is -0.149. The number of nitrogens with one attached hydrogen (secondary N) is 2. The van der Waals surface area contributed by atoms with Gasteiger partial charge in [-0.1, -0.05) is 30.3 Å². The van der Waals surface area contributed by atoms with Crippen LogP contribution < -0.4 is 5.32 Å². The smallest absolute Gasteiger partial charge is 0.276 e. The summed E-state index contributed by atoms with van der Waals surface area (Å²) >= 11 is 0. The molecule has 2 aromatic heterocycles. The number of aryl methyl sites for hydroxylation is 1. The zero-order valence-corrected chi connectivity index (χ0v) is 13.8. The first-order valence-corrected chi connectivity index (χ1v) is 8.73. The SMILES string of the molecule is O=C(Nc1cnn(Cc2ccccc2)c1)c1n[nH]c2c1C1CC1CC2. The Labute approximate surface area is 145 Å². The monoisotopic (exact) mass is 333 g/mol. The Balaban J connectivity index is 1.31. The number of carbonyl (C=O) groups excluding carboxylic acids is 1. The van der Waals surface area contributed by atoms with Gasteiger partial charge in [-0.15, -0.1) is 0 Å². The van der Waals surface area contributed by atoms with Crippen molar-refractivity contribution in [1.29, 1.82) is 0 Å². The maximum atomic E-state index is 12.6. The van der Waals surface area contributed by atoms with Crippen molar-refractivity contribution in [2.45, 2.75) is 31.7 Å². The average Bonchev–Trinajstić information content (AvgIpc) is 3.08. The van der Waals surface area contributed by atoms with E-state index in [4.69, 9.17) is 0 Å². The summed E-state index contributed by atoms with van der Waals surface area (Å²) in [6.45, 7) is 0.679. The van der Waals surface area contributed by atoms with Crippen molar-refractivity contribution >= 4 is 11.6 Å². The van der Waals surface area contributed by atoms with E-state index in [1.54, 1.807) is 6.20 Å². The fourth-order valence-corrected chi connectivity index (χ4v) is 3.88. The molecule has 6 heteroatoms. The molecule has 6 nitrogen and oxygen atoms in total. The van der Waals surface area contributed by atoms with Crippen LogP contribution in [0.2, 0.25) is 0 Å². The first-order valence-electron chi connectivity index (χ1n) is 8.73. The summed E-state index contributed by atoms with van der Waals surface area (Å²) in [7, 11) is 0. The Morgan fingerprint density at radius 3 is 3.08 bits per heavy atom. The molecular weight excluding hydrogens is 314 g/mol. The van der Waals surface area contributed by atoms with Gasteiger partial charge in [0, 0.05) is 17.5 Å². The number of aromatic nitrogens is 4. The Bertz CT molecular complexity index is 926. The minimum Gasteiger partial charge on any atom is -0.318 e. The molecule has 0 radical (unpaired) electrons. The molecule has 2 N–H and O–H groups in total. The van der Waals surface area contributed by atoms with Crippen LogP contribution in [0.15, 0.2) is 42.7 Å². The summed E-state index contributed by atoms with van der Waals surface area (Å²) < 4.78 is 1.82. The lowest BCUT2D eigenvalue weighted by molar-refractivity contribution is 0.102. The highest BCUT2D eigenvalue weighted by molar-refractivity contribution is 6.04. The number of fused-ring (bicyclic) bond motifs is 3. The van der Waals surface area contributed by atoms with Crippen LogP contribution >= 0.6 is 0 Å². The van der Waals surface area contributed by atoms with E-state index in [0.29, 0.717) is 23.8 Å². The van der Waals surface area contributed by atoms with Crippen molar-refractivity contribution in [3.05, 3.63) is 65.2 Å². The number of carbonyl (C=O) groups is 1. The van der Waals surface area contributed by atoms with Crippen molar-refractivity contribution in [3.63, 3.8) is 0 Å². The molecule has 2 heterocycles. The largest absolute Gasteiger partial charge is 0.318 e. The Morgan fingerprint density at radius 2 is 2.20 bits per heavy atom. The normalized spacial score (nSPS) is 20.6. The first-order chi connectivity index (χ1) is 12.3. The average molecular weight is 333 g/mol. The third-order valence-electron chi connectivity index (χ3n) is 5.23. The molecule has 5 rings (SSSR count). The van der Waals surface area contributed by atoms with Crippen molar-refractivity contribution in [1.82, 2.24) is 20.0 Å². The number of hydrogen-bond acceptors (Lipinski definition) is 3. The third-order valence-corrected chi connectivity index (χ3v) is 5.23. The standard InChI is InChI=1S/C19H19N5O/c25-19(18-17-15-8-13(15)6-7-16(17)22-23-18)21-14-9-20-24(11-14)10-12-4-2-1-3-5-12/h1-5,9,11,13,15H,6-8,10H2,(H,21,25)(H,22,23). The predicted molar refractivity (Wildman–Crippen MR) is 93.5 cm³/mol. The van der Waals surface area contributed by atoms with Crippen LogP contribution in [-0.2, 0) is 13.0 Å². The first kappa shape index (κ1) is 14.5. The summed E-state index contributed by atoms with van der Waals surface area (Å²) in [4.78, 5) is 12.6. The predicted octanol–water partition coefficient (Wildman–Crippen LogP) is 2.96. The fourth-order valence-electron chi connectivity index (χ4n) is 3.88. The van der Waals surface area contributed by atoms with Gasteiger partial charge in [0.05, 0.1) is 18.4 Å². The van der Waals surface area contributed by atoms with Gasteiger partial charge < -0.3 is 5.32 Å². The van der Waals surface area contributed by atoms with E-state index in [1.807, 2.05) is 29.1 Å². The van der Waals surface area contributed by atoms with Crippen LogP contribution in [0.4, 0.5) is 5.69 Å². The van der Waals surface area contributed by atoms with Crippen LogP contribution in [0.5, 0.6) is 0 Å². The molecular formula is C19H19N5O. The highest BCUT2D eigenvalue weighted by atomic mass is 16.2. The number of aromatic amines is 1. The topological polar surface area (TPSA) is 75.6 Å². The van der Waals surface area contributed by atoms with Crippen LogP contribution in [-0.4, -0.2) is 25.9 Å². The molecule has 25 heavy (non-hydrogen) atoms. The van der Waals surface area contributed by atoms with E-state index in [9.17, 15) is 4.79 Å². The zero-order chi connectivity index (χ0) is 16.8. The number of H-pyrrole nitrogens is 1. The van der Waals surface area contributed by atoms with Gasteiger partial charge in [-0.05, 0) is 36.7 Å². The molecule has 126 valence electrons. The Morgan fingerprint density at radius 1 is 1.32 bits per heavy atom. The van der Waals surface area contributed by atoms with Gasteiger partial charge in [0.25, 0.3) is 5.91 Å². The van der Waals surface area contributed by atoms with Crippen LogP contribution in [0.1, 0.15) is 46.1 Å². The van der Waals surface area contributed by atoms with E-state index >= 15 is 0 Å². The summed E-state index contributed by atoms with van der Waals surface area (Å²) in [5, 5.41) is 14.6. The summed E-state index contributed by atoms with van der Waals surface area (Å²) in [5.74, 6) is 1.14. The molecule has 2 aliphatic carbocycles. The van der Waals surface area contributed by atoms with Crippen molar-refractivity contribution < 1.29 is 4.79 Å². The second kappa shape index (κ2) is 5.58. The van der Waals surface area contributed by atoms with Gasteiger partial charge in [-0.2, -0.15) is 10.2 Å². The maximum absolute atomic E-state index is 12.6. The second-order valence-electron chi connectivity index (χ2n) is 6.97. The van der Waals surface area contributed by atoms with Gasteiger partial charge in [-0.3, -0.25) is 14.6 Å². The van der Waals surface area contributed by atoms with Crippen LogP contribution in [0.25, 0.3) is 0 Å². The Hall–Kier alpha value is -2.89. The molecule has 2 atom stereocenters. The summed E-state index contributed by atoms with van der Waals surface area (Å²) in [6.07, 6.45) is 6.95. The second-order valence-corrected chi connectivity index (χ2v) is 6.97. The van der Waals surface area contributed by atoms with Gasteiger partial charge >= 0.3 is 0 Å². The zero-order valence-electron chi connectivity index (χ0n) is 13.8. The molecule has 0 aliphatic heterocycles. The third kappa shape index (κ3) is 2.63. The van der Waals surface area contributed by atoms with Crippen LogP contribution in [0, 0.1) is 5.92 Å². The summed E-state index contributed by atoms with van der Waals surface area (Å²) in [5.41, 5.74) is 4.71. The van der Waals surface area contributed by atoms with E-state index in [1.165, 1.54) is 18.4 Å². The van der Waals surface area contributed by atoms with Gasteiger partial charge in [-0.25, -0.2) is 0 Å². The molecule has 0 bridgehead atoms. The van der Waals surface area contributed by atoms with E-state index in [-0.39, 0.29) is 5.91 Å². The molecule has 1 aromatic carbocycles. The van der Waals surface area contributed by atoms with Gasteiger partial charge in [0.15, 0.2) is 5.69 Å². The molecule has 1 fully saturated rings. The molecule has 1 saturated carbocycles. The minimum absolute atomic E-state index is 0.149. The molecule has 2 unspecified atom stereocenters. The van der Waals surface area contributed by atoms with Gasteiger partial charge in [0.1, 0.15) is 0 Å².